The van der Waals surface area contributed by atoms with E-state index < -0.39 is 0 Å². The van der Waals surface area contributed by atoms with E-state index in [1.807, 2.05) is 11.0 Å². The van der Waals surface area contributed by atoms with Crippen molar-refractivity contribution in [3.05, 3.63) is 18.2 Å². The molecule has 2 saturated heterocycles. The molecular weight excluding hydrogens is 332 g/mol. The van der Waals surface area contributed by atoms with Crippen molar-refractivity contribution in [2.45, 2.75) is 45.1 Å². The molecule has 2 amide bonds. The van der Waals surface area contributed by atoms with Gasteiger partial charge in [0.15, 0.2) is 0 Å². The molecule has 6 nitrogen and oxygen atoms in total. The van der Waals surface area contributed by atoms with Gasteiger partial charge in [0.25, 0.3) is 0 Å². The number of carbonyl (C=O) groups is 2. The Morgan fingerprint density at radius 1 is 1.23 bits per heavy atom. The molecule has 0 aliphatic carbocycles. The summed E-state index contributed by atoms with van der Waals surface area (Å²) in [7, 11) is 3.16. The van der Waals surface area contributed by atoms with Crippen molar-refractivity contribution in [3.63, 3.8) is 0 Å². The van der Waals surface area contributed by atoms with E-state index in [4.69, 9.17) is 9.47 Å². The van der Waals surface area contributed by atoms with Crippen molar-refractivity contribution < 1.29 is 19.1 Å². The number of hydrogen-bond acceptors (Lipinski definition) is 4. The first-order chi connectivity index (χ1) is 12.6. The first-order valence-corrected chi connectivity index (χ1v) is 9.41. The summed E-state index contributed by atoms with van der Waals surface area (Å²) in [6.45, 7) is 3.35. The highest BCUT2D eigenvalue weighted by molar-refractivity contribution is 6.01. The van der Waals surface area contributed by atoms with E-state index in [0.29, 0.717) is 29.8 Å². The molecule has 142 valence electrons. The lowest BCUT2D eigenvalue weighted by atomic mass is 9.97. The Hall–Kier alpha value is -2.24. The summed E-state index contributed by atoms with van der Waals surface area (Å²) < 4.78 is 10.6. The number of benzene rings is 1. The van der Waals surface area contributed by atoms with Crippen LogP contribution in [0.2, 0.25) is 0 Å². The molecule has 1 aromatic rings. The molecule has 0 N–H and O–H groups in total. The van der Waals surface area contributed by atoms with Gasteiger partial charge in [0.05, 0.1) is 25.8 Å². The van der Waals surface area contributed by atoms with Gasteiger partial charge < -0.3 is 19.3 Å². The number of methoxy groups -OCH3 is 2. The fourth-order valence-corrected chi connectivity index (χ4v) is 4.06. The van der Waals surface area contributed by atoms with Gasteiger partial charge in [-0.25, -0.2) is 0 Å². The maximum atomic E-state index is 13.0. The van der Waals surface area contributed by atoms with Gasteiger partial charge in [-0.05, 0) is 37.8 Å². The summed E-state index contributed by atoms with van der Waals surface area (Å²) in [6, 6.07) is 5.70. The maximum absolute atomic E-state index is 13.0. The van der Waals surface area contributed by atoms with Crippen molar-refractivity contribution >= 4 is 17.5 Å². The monoisotopic (exact) mass is 360 g/mol. The van der Waals surface area contributed by atoms with E-state index in [-0.39, 0.29) is 24.2 Å². The molecule has 0 unspecified atom stereocenters. The second-order valence-electron chi connectivity index (χ2n) is 7.03. The molecule has 2 aliphatic heterocycles. The van der Waals surface area contributed by atoms with Gasteiger partial charge >= 0.3 is 0 Å². The second-order valence-corrected chi connectivity index (χ2v) is 7.03. The van der Waals surface area contributed by atoms with E-state index in [9.17, 15) is 9.59 Å². The second kappa shape index (κ2) is 7.98. The normalized spacial score (nSPS) is 23.3. The van der Waals surface area contributed by atoms with Crippen molar-refractivity contribution in [1.82, 2.24) is 4.90 Å². The molecule has 0 radical (unpaired) electrons. The number of rotatable bonds is 5. The Bertz CT molecular complexity index is 676. The van der Waals surface area contributed by atoms with Crippen LogP contribution in [0.5, 0.6) is 11.5 Å². The van der Waals surface area contributed by atoms with Gasteiger partial charge in [0.2, 0.25) is 11.8 Å². The number of likely N-dealkylation sites (tertiary alicyclic amines) is 1. The smallest absolute Gasteiger partial charge is 0.228 e. The topological polar surface area (TPSA) is 59.1 Å². The number of hydrogen-bond donors (Lipinski definition) is 0. The quantitative estimate of drug-likeness (QED) is 0.810. The van der Waals surface area contributed by atoms with Crippen LogP contribution in [0.3, 0.4) is 0 Å². The van der Waals surface area contributed by atoms with E-state index >= 15 is 0 Å². The molecule has 1 aromatic carbocycles. The molecule has 0 bridgehead atoms. The molecule has 2 atom stereocenters. The van der Waals surface area contributed by atoms with Crippen molar-refractivity contribution in [3.8, 4) is 11.5 Å². The van der Waals surface area contributed by atoms with E-state index in [1.54, 1.807) is 31.3 Å². The lowest BCUT2D eigenvalue weighted by Gasteiger charge is -2.36. The highest BCUT2D eigenvalue weighted by Gasteiger charge is 2.40. The molecule has 0 aromatic heterocycles. The van der Waals surface area contributed by atoms with Crippen molar-refractivity contribution in [2.24, 2.45) is 5.92 Å². The lowest BCUT2D eigenvalue weighted by Crippen LogP contribution is -2.46. The third-order valence-corrected chi connectivity index (χ3v) is 5.53. The predicted octanol–water partition coefficient (Wildman–Crippen LogP) is 2.85. The average Bonchev–Trinajstić information content (AvgIpc) is 3.08. The predicted molar refractivity (Wildman–Crippen MR) is 99.6 cm³/mol. The first kappa shape index (κ1) is 18.5. The minimum absolute atomic E-state index is 0.0307. The first-order valence-electron chi connectivity index (χ1n) is 9.41. The Balaban J connectivity index is 1.77. The summed E-state index contributed by atoms with van der Waals surface area (Å²) in [5, 5.41) is 0. The Morgan fingerprint density at radius 3 is 2.73 bits per heavy atom. The van der Waals surface area contributed by atoms with Gasteiger partial charge in [0.1, 0.15) is 11.5 Å². The molecular formula is C20H28N2O4. The molecule has 0 saturated carbocycles. The molecule has 0 spiro atoms. The Morgan fingerprint density at radius 2 is 2.04 bits per heavy atom. The fraction of sp³-hybridized carbons (Fsp3) is 0.600. The van der Waals surface area contributed by atoms with Crippen LogP contribution in [0, 0.1) is 5.92 Å². The van der Waals surface area contributed by atoms with Gasteiger partial charge in [-0.3, -0.25) is 9.59 Å². The summed E-state index contributed by atoms with van der Waals surface area (Å²) in [6.07, 6.45) is 4.54. The van der Waals surface area contributed by atoms with Crippen LogP contribution in [0.1, 0.15) is 39.0 Å². The highest BCUT2D eigenvalue weighted by atomic mass is 16.5. The number of nitrogens with zero attached hydrogens (tertiary/aromatic N) is 2. The number of piperidine rings is 1. The fourth-order valence-electron chi connectivity index (χ4n) is 4.06. The van der Waals surface area contributed by atoms with Gasteiger partial charge in [0, 0.05) is 31.6 Å². The molecule has 2 aliphatic rings. The zero-order chi connectivity index (χ0) is 18.7. The average molecular weight is 360 g/mol. The van der Waals surface area contributed by atoms with Crippen molar-refractivity contribution in [1.29, 1.82) is 0 Å². The van der Waals surface area contributed by atoms with Gasteiger partial charge in [-0.15, -0.1) is 0 Å². The SMILES string of the molecule is CC[C@H]1CCCCN1C(=O)[C@H]1CC(=O)N(c2ccc(OC)cc2OC)C1. The Kier molecular flexibility index (Phi) is 5.69. The highest BCUT2D eigenvalue weighted by Crippen LogP contribution is 2.36. The minimum atomic E-state index is -0.276. The third-order valence-electron chi connectivity index (χ3n) is 5.53. The summed E-state index contributed by atoms with van der Waals surface area (Å²) in [5.74, 6) is 1.07. The minimum Gasteiger partial charge on any atom is -0.497 e. The maximum Gasteiger partial charge on any atom is 0.228 e. The third kappa shape index (κ3) is 3.50. The zero-order valence-corrected chi connectivity index (χ0v) is 15.9. The number of anilines is 1. The van der Waals surface area contributed by atoms with E-state index in [2.05, 4.69) is 6.92 Å². The van der Waals surface area contributed by atoms with E-state index in [1.165, 1.54) is 6.42 Å². The number of amides is 2. The largest absolute Gasteiger partial charge is 0.497 e. The van der Waals surface area contributed by atoms with E-state index in [0.717, 1.165) is 25.8 Å². The van der Waals surface area contributed by atoms with Crippen LogP contribution >= 0.6 is 0 Å². The van der Waals surface area contributed by atoms with Crippen LogP contribution in [0.4, 0.5) is 5.69 Å². The molecule has 2 heterocycles. The van der Waals surface area contributed by atoms with Crippen LogP contribution in [-0.2, 0) is 9.59 Å². The molecule has 2 fully saturated rings. The van der Waals surface area contributed by atoms with Crippen LogP contribution in [0.25, 0.3) is 0 Å². The summed E-state index contributed by atoms with van der Waals surface area (Å²) in [4.78, 5) is 29.3. The number of ether oxygens (including phenoxy) is 2. The zero-order valence-electron chi connectivity index (χ0n) is 15.9. The standard InChI is InChI=1S/C20H28N2O4/c1-4-15-7-5-6-10-21(15)20(24)14-11-19(23)22(13-14)17-9-8-16(25-2)12-18(17)26-3/h8-9,12,14-15H,4-7,10-11,13H2,1-3H3/t14-,15-/m0/s1. The summed E-state index contributed by atoms with van der Waals surface area (Å²) in [5.41, 5.74) is 0.694. The molecule has 6 heteroatoms. The molecule has 26 heavy (non-hydrogen) atoms. The van der Waals surface area contributed by atoms with Crippen LogP contribution < -0.4 is 14.4 Å². The van der Waals surface area contributed by atoms with Crippen LogP contribution in [0.15, 0.2) is 18.2 Å². The number of carbonyl (C=O) groups excluding carboxylic acids is 2. The summed E-state index contributed by atoms with van der Waals surface area (Å²) >= 11 is 0. The Labute approximate surface area is 155 Å². The van der Waals surface area contributed by atoms with Crippen LogP contribution in [-0.4, -0.2) is 50.1 Å². The van der Waals surface area contributed by atoms with Gasteiger partial charge in [-0.1, -0.05) is 6.92 Å². The van der Waals surface area contributed by atoms with Gasteiger partial charge in [-0.2, -0.15) is 0 Å². The molecule has 3 rings (SSSR count). The van der Waals surface area contributed by atoms with Crippen molar-refractivity contribution in [2.75, 3.05) is 32.2 Å². The lowest BCUT2D eigenvalue weighted by molar-refractivity contribution is -0.139.